The van der Waals surface area contributed by atoms with Gasteiger partial charge >= 0.3 is 0 Å². The summed E-state index contributed by atoms with van der Waals surface area (Å²) in [4.78, 5) is 25.6. The number of unbranched alkanes of at least 4 members (excludes halogenated alkanes) is 2. The number of carbonyl (C=O) groups is 2. The summed E-state index contributed by atoms with van der Waals surface area (Å²) in [5.41, 5.74) is 5.53. The standard InChI is InChI=1S/C21H29FN6O2/c1-21(2,3)18(20(30)25-11-10-24)26-19(29)17-15-8-7-14(22)13-16(15)28(27-17)12-6-4-5-9-23/h7-8,13,18H,4-6,10-12,24H2,1-3H3,(H,25,30)(H,26,29). The molecule has 4 N–H and O–H groups in total. The third kappa shape index (κ3) is 5.76. The smallest absolute Gasteiger partial charge is 0.273 e. The van der Waals surface area contributed by atoms with E-state index in [1.165, 1.54) is 18.2 Å². The lowest BCUT2D eigenvalue weighted by Gasteiger charge is -2.30. The molecule has 162 valence electrons. The van der Waals surface area contributed by atoms with Crippen LogP contribution in [0.2, 0.25) is 0 Å². The van der Waals surface area contributed by atoms with E-state index in [-0.39, 0.29) is 11.6 Å². The van der Waals surface area contributed by atoms with Crippen LogP contribution in [0.15, 0.2) is 18.2 Å². The Bertz CT molecular complexity index is 941. The van der Waals surface area contributed by atoms with Gasteiger partial charge in [-0.1, -0.05) is 20.8 Å². The number of hydrogen-bond donors (Lipinski definition) is 3. The minimum atomic E-state index is -0.798. The normalized spacial score (nSPS) is 12.4. The van der Waals surface area contributed by atoms with Gasteiger partial charge in [-0.15, -0.1) is 0 Å². The molecule has 2 aromatic rings. The number of nitrogens with one attached hydrogen (secondary N) is 2. The molecule has 0 aliphatic carbocycles. The van der Waals surface area contributed by atoms with Gasteiger partial charge in [0, 0.05) is 31.4 Å². The van der Waals surface area contributed by atoms with Crippen LogP contribution in [-0.2, 0) is 11.3 Å². The summed E-state index contributed by atoms with van der Waals surface area (Å²) >= 11 is 0. The zero-order valence-electron chi connectivity index (χ0n) is 17.7. The monoisotopic (exact) mass is 416 g/mol. The molecule has 1 atom stereocenters. The van der Waals surface area contributed by atoms with Crippen LogP contribution >= 0.6 is 0 Å². The van der Waals surface area contributed by atoms with Crippen molar-refractivity contribution in [2.75, 3.05) is 13.1 Å². The van der Waals surface area contributed by atoms with Gasteiger partial charge in [0.15, 0.2) is 5.69 Å². The van der Waals surface area contributed by atoms with E-state index in [1.807, 2.05) is 20.8 Å². The third-order valence-corrected chi connectivity index (χ3v) is 4.68. The molecule has 0 radical (unpaired) electrons. The van der Waals surface area contributed by atoms with Crippen LogP contribution in [0.3, 0.4) is 0 Å². The van der Waals surface area contributed by atoms with Gasteiger partial charge < -0.3 is 16.4 Å². The Morgan fingerprint density at radius 1 is 1.33 bits per heavy atom. The van der Waals surface area contributed by atoms with Gasteiger partial charge in [0.25, 0.3) is 5.91 Å². The molecule has 2 rings (SSSR count). The zero-order chi connectivity index (χ0) is 22.3. The molecule has 0 fully saturated rings. The number of aryl methyl sites for hydroxylation is 1. The highest BCUT2D eigenvalue weighted by atomic mass is 19.1. The second kappa shape index (κ2) is 10.2. The second-order valence-electron chi connectivity index (χ2n) is 8.20. The van der Waals surface area contributed by atoms with Gasteiger partial charge in [-0.2, -0.15) is 10.4 Å². The Balaban J connectivity index is 2.32. The largest absolute Gasteiger partial charge is 0.353 e. The molecule has 0 aliphatic heterocycles. The summed E-state index contributed by atoms with van der Waals surface area (Å²) in [5.74, 6) is -1.26. The molecule has 30 heavy (non-hydrogen) atoms. The summed E-state index contributed by atoms with van der Waals surface area (Å²) < 4.78 is 15.4. The predicted octanol–water partition coefficient (Wildman–Crippen LogP) is 2.09. The zero-order valence-corrected chi connectivity index (χ0v) is 17.7. The lowest BCUT2D eigenvalue weighted by Crippen LogP contribution is -2.54. The summed E-state index contributed by atoms with van der Waals surface area (Å²) in [6.45, 7) is 6.60. The number of nitrogens with two attached hydrogens (primary N) is 1. The maximum atomic E-state index is 13.8. The predicted molar refractivity (Wildman–Crippen MR) is 112 cm³/mol. The lowest BCUT2D eigenvalue weighted by molar-refractivity contribution is -0.125. The Morgan fingerprint density at radius 3 is 2.70 bits per heavy atom. The van der Waals surface area contributed by atoms with Crippen molar-refractivity contribution >= 4 is 22.7 Å². The summed E-state index contributed by atoms with van der Waals surface area (Å²) in [5, 5.41) is 19.1. The van der Waals surface area contributed by atoms with E-state index in [0.29, 0.717) is 49.8 Å². The molecular weight excluding hydrogens is 387 g/mol. The van der Waals surface area contributed by atoms with Gasteiger partial charge in [-0.3, -0.25) is 14.3 Å². The van der Waals surface area contributed by atoms with Crippen LogP contribution in [0, 0.1) is 22.6 Å². The molecule has 0 aliphatic rings. The number of hydrogen-bond acceptors (Lipinski definition) is 5. The van der Waals surface area contributed by atoms with Crippen LogP contribution in [0.25, 0.3) is 10.9 Å². The quantitative estimate of drug-likeness (QED) is 0.540. The molecule has 1 heterocycles. The van der Waals surface area contributed by atoms with Crippen molar-refractivity contribution in [2.45, 2.75) is 52.6 Å². The molecule has 0 spiro atoms. The number of fused-ring (bicyclic) bond motifs is 1. The Kier molecular flexibility index (Phi) is 7.89. The van der Waals surface area contributed by atoms with Crippen molar-refractivity contribution in [2.24, 2.45) is 11.1 Å². The van der Waals surface area contributed by atoms with E-state index in [4.69, 9.17) is 11.0 Å². The topological polar surface area (TPSA) is 126 Å². The molecule has 8 nitrogen and oxygen atoms in total. The summed E-state index contributed by atoms with van der Waals surface area (Å²) in [7, 11) is 0. The number of nitrogens with zero attached hydrogens (tertiary/aromatic N) is 3. The number of halogens is 1. The molecule has 0 bridgehead atoms. The highest BCUT2D eigenvalue weighted by Gasteiger charge is 2.33. The fraction of sp³-hybridized carbons (Fsp3) is 0.524. The number of amides is 2. The molecule has 1 aromatic carbocycles. The van der Waals surface area contributed by atoms with E-state index in [9.17, 15) is 14.0 Å². The first kappa shape index (κ1) is 23.3. The highest BCUT2D eigenvalue weighted by Crippen LogP contribution is 2.23. The first-order chi connectivity index (χ1) is 14.2. The third-order valence-electron chi connectivity index (χ3n) is 4.68. The number of carbonyl (C=O) groups excluding carboxylic acids is 2. The van der Waals surface area contributed by atoms with Crippen LogP contribution in [0.5, 0.6) is 0 Å². The minimum absolute atomic E-state index is 0.131. The number of benzene rings is 1. The van der Waals surface area contributed by atoms with Crippen LogP contribution in [0.1, 0.15) is 50.5 Å². The van der Waals surface area contributed by atoms with Gasteiger partial charge in [0.2, 0.25) is 5.91 Å². The van der Waals surface area contributed by atoms with E-state index in [0.717, 1.165) is 0 Å². The first-order valence-electron chi connectivity index (χ1n) is 10.0. The number of rotatable bonds is 9. The molecule has 1 unspecified atom stereocenters. The Labute approximate surface area is 175 Å². The average Bonchev–Trinajstić information content (AvgIpc) is 3.04. The summed E-state index contributed by atoms with van der Waals surface area (Å²) in [6.07, 6.45) is 1.78. The van der Waals surface area contributed by atoms with E-state index < -0.39 is 23.2 Å². The molecule has 0 saturated heterocycles. The van der Waals surface area contributed by atoms with Gasteiger partial charge in [-0.25, -0.2) is 4.39 Å². The van der Waals surface area contributed by atoms with Crippen molar-refractivity contribution in [3.8, 4) is 6.07 Å². The van der Waals surface area contributed by atoms with Crippen molar-refractivity contribution < 1.29 is 14.0 Å². The van der Waals surface area contributed by atoms with Crippen LogP contribution < -0.4 is 16.4 Å². The maximum absolute atomic E-state index is 13.8. The summed E-state index contributed by atoms with van der Waals surface area (Å²) in [6, 6.07) is 5.41. The van der Waals surface area contributed by atoms with Crippen LogP contribution in [0.4, 0.5) is 4.39 Å². The van der Waals surface area contributed by atoms with Gasteiger partial charge in [0.1, 0.15) is 11.9 Å². The average molecular weight is 417 g/mol. The molecule has 9 heteroatoms. The lowest BCUT2D eigenvalue weighted by atomic mass is 9.86. The van der Waals surface area contributed by atoms with E-state index in [1.54, 1.807) is 4.68 Å². The molecule has 2 amide bonds. The van der Waals surface area contributed by atoms with Gasteiger partial charge in [-0.05, 0) is 36.5 Å². The Hall–Kier alpha value is -2.99. The molecular formula is C21H29FN6O2. The van der Waals surface area contributed by atoms with Crippen molar-refractivity contribution in [3.63, 3.8) is 0 Å². The van der Waals surface area contributed by atoms with E-state index in [2.05, 4.69) is 21.8 Å². The maximum Gasteiger partial charge on any atom is 0.273 e. The first-order valence-corrected chi connectivity index (χ1v) is 10.0. The van der Waals surface area contributed by atoms with Crippen molar-refractivity contribution in [1.82, 2.24) is 20.4 Å². The van der Waals surface area contributed by atoms with Crippen LogP contribution in [-0.4, -0.2) is 40.7 Å². The van der Waals surface area contributed by atoms with Crippen molar-refractivity contribution in [1.29, 1.82) is 5.26 Å². The molecule has 1 aromatic heterocycles. The van der Waals surface area contributed by atoms with E-state index >= 15 is 0 Å². The fourth-order valence-corrected chi connectivity index (χ4v) is 3.12. The Morgan fingerprint density at radius 2 is 2.07 bits per heavy atom. The molecule has 0 saturated carbocycles. The minimum Gasteiger partial charge on any atom is -0.353 e. The number of nitriles is 1. The fourth-order valence-electron chi connectivity index (χ4n) is 3.12. The second-order valence-corrected chi connectivity index (χ2v) is 8.20. The number of aromatic nitrogens is 2. The highest BCUT2D eigenvalue weighted by molar-refractivity contribution is 6.06. The SMILES string of the molecule is CC(C)(C)C(NC(=O)c1nn(CCCCC#N)c2cc(F)ccc12)C(=O)NCCN. The van der Waals surface area contributed by atoms with Crippen molar-refractivity contribution in [3.05, 3.63) is 29.7 Å². The van der Waals surface area contributed by atoms with Gasteiger partial charge in [0.05, 0.1) is 11.6 Å².